The Morgan fingerprint density at radius 2 is 1.75 bits per heavy atom. The third-order valence-corrected chi connectivity index (χ3v) is 3.09. The lowest BCUT2D eigenvalue weighted by molar-refractivity contribution is 0.0708. The highest BCUT2D eigenvalue weighted by atomic mass is 16.5. The summed E-state index contributed by atoms with van der Waals surface area (Å²) in [4.78, 5) is 2.00. The lowest BCUT2D eigenvalue weighted by Crippen LogP contribution is -2.34. The fraction of sp³-hybridized carbons (Fsp3) is 0.625. The zero-order valence-corrected chi connectivity index (χ0v) is 13.0. The Labute approximate surface area is 122 Å². The van der Waals surface area contributed by atoms with Crippen LogP contribution in [-0.2, 0) is 0 Å². The molecule has 0 saturated carbocycles. The van der Waals surface area contributed by atoms with Gasteiger partial charge in [0, 0.05) is 13.1 Å². The maximum Gasteiger partial charge on any atom is 0.119 e. The number of likely N-dealkylation sites (N-methyl/N-ethyl adjacent to an activating group) is 1. The van der Waals surface area contributed by atoms with Crippen molar-refractivity contribution in [3.05, 3.63) is 29.3 Å². The highest BCUT2D eigenvalue weighted by molar-refractivity contribution is 5.32. The fourth-order valence-corrected chi connectivity index (χ4v) is 2.12. The number of hydrogen-bond donors (Lipinski definition) is 2. The van der Waals surface area contributed by atoms with E-state index in [9.17, 15) is 10.2 Å². The summed E-state index contributed by atoms with van der Waals surface area (Å²) in [7, 11) is 1.93. The van der Waals surface area contributed by atoms with Crippen LogP contribution in [0, 0.1) is 13.8 Å². The van der Waals surface area contributed by atoms with E-state index in [4.69, 9.17) is 4.74 Å². The van der Waals surface area contributed by atoms with E-state index in [0.29, 0.717) is 13.0 Å². The van der Waals surface area contributed by atoms with Crippen LogP contribution in [0.2, 0.25) is 0 Å². The molecule has 2 unspecified atom stereocenters. The molecule has 0 amide bonds. The number of benzene rings is 1. The van der Waals surface area contributed by atoms with Gasteiger partial charge in [-0.1, -0.05) is 6.07 Å². The molecule has 0 aliphatic rings. The van der Waals surface area contributed by atoms with E-state index >= 15 is 0 Å². The first-order valence-corrected chi connectivity index (χ1v) is 7.12. The average molecular weight is 281 g/mol. The molecular formula is C16H27NO3. The zero-order valence-electron chi connectivity index (χ0n) is 13.0. The summed E-state index contributed by atoms with van der Waals surface area (Å²) >= 11 is 0. The van der Waals surface area contributed by atoms with Gasteiger partial charge in [0.15, 0.2) is 0 Å². The minimum Gasteiger partial charge on any atom is -0.491 e. The van der Waals surface area contributed by atoms with Gasteiger partial charge in [-0.05, 0) is 57.5 Å². The Hall–Kier alpha value is -1.10. The summed E-state index contributed by atoms with van der Waals surface area (Å²) in [6.45, 7) is 7.41. The Kier molecular flexibility index (Phi) is 6.99. The first-order chi connectivity index (χ1) is 9.36. The van der Waals surface area contributed by atoms with Crippen molar-refractivity contribution < 1.29 is 14.9 Å². The van der Waals surface area contributed by atoms with Crippen molar-refractivity contribution in [1.29, 1.82) is 0 Å². The van der Waals surface area contributed by atoms with Crippen LogP contribution in [0.4, 0.5) is 0 Å². The Morgan fingerprint density at radius 1 is 1.15 bits per heavy atom. The van der Waals surface area contributed by atoms with Crippen LogP contribution in [0.15, 0.2) is 18.2 Å². The third kappa shape index (κ3) is 6.89. The number of rotatable bonds is 8. The highest BCUT2D eigenvalue weighted by Gasteiger charge is 2.10. The molecule has 0 aliphatic carbocycles. The van der Waals surface area contributed by atoms with E-state index < -0.39 is 6.10 Å². The molecule has 1 aromatic rings. The normalized spacial score (nSPS) is 14.3. The topological polar surface area (TPSA) is 52.9 Å². The van der Waals surface area contributed by atoms with Crippen molar-refractivity contribution >= 4 is 0 Å². The van der Waals surface area contributed by atoms with Gasteiger partial charge in [-0.25, -0.2) is 0 Å². The maximum absolute atomic E-state index is 9.96. The zero-order chi connectivity index (χ0) is 15.1. The lowest BCUT2D eigenvalue weighted by atomic mass is 10.1. The second-order valence-corrected chi connectivity index (χ2v) is 5.69. The molecule has 0 aliphatic heterocycles. The Balaban J connectivity index is 2.33. The molecule has 2 atom stereocenters. The van der Waals surface area contributed by atoms with E-state index in [1.54, 1.807) is 6.92 Å². The van der Waals surface area contributed by atoms with Crippen LogP contribution in [0.3, 0.4) is 0 Å². The van der Waals surface area contributed by atoms with Gasteiger partial charge in [0.25, 0.3) is 0 Å². The first-order valence-electron chi connectivity index (χ1n) is 7.12. The van der Waals surface area contributed by atoms with Crippen LogP contribution in [0.25, 0.3) is 0 Å². The fourth-order valence-electron chi connectivity index (χ4n) is 2.12. The molecule has 0 fully saturated rings. The predicted octanol–water partition coefficient (Wildman–Crippen LogP) is 1.75. The lowest BCUT2D eigenvalue weighted by Gasteiger charge is -2.21. The number of aliphatic hydroxyl groups is 2. The third-order valence-electron chi connectivity index (χ3n) is 3.09. The van der Waals surface area contributed by atoms with Crippen LogP contribution in [0.1, 0.15) is 24.5 Å². The summed E-state index contributed by atoms with van der Waals surface area (Å²) in [6, 6.07) is 6.03. The number of aryl methyl sites for hydroxylation is 2. The molecule has 4 nitrogen and oxygen atoms in total. The molecule has 0 aromatic heterocycles. The Bertz CT molecular complexity index is 386. The summed E-state index contributed by atoms with van der Waals surface area (Å²) in [5.41, 5.74) is 2.31. The van der Waals surface area contributed by atoms with Crippen LogP contribution in [-0.4, -0.2) is 54.1 Å². The molecule has 0 radical (unpaired) electrons. The van der Waals surface area contributed by atoms with Gasteiger partial charge in [0.1, 0.15) is 18.5 Å². The molecule has 2 N–H and O–H groups in total. The van der Waals surface area contributed by atoms with Gasteiger partial charge in [0.2, 0.25) is 0 Å². The van der Waals surface area contributed by atoms with Crippen molar-refractivity contribution in [3.63, 3.8) is 0 Å². The van der Waals surface area contributed by atoms with Gasteiger partial charge in [-0.3, -0.25) is 0 Å². The van der Waals surface area contributed by atoms with Gasteiger partial charge < -0.3 is 19.8 Å². The van der Waals surface area contributed by atoms with Crippen molar-refractivity contribution in [2.45, 2.75) is 39.4 Å². The van der Waals surface area contributed by atoms with E-state index in [1.165, 1.54) is 0 Å². The van der Waals surface area contributed by atoms with E-state index in [1.807, 2.05) is 37.9 Å². The molecule has 4 heteroatoms. The van der Waals surface area contributed by atoms with Crippen molar-refractivity contribution in [2.24, 2.45) is 0 Å². The quantitative estimate of drug-likeness (QED) is 0.762. The summed E-state index contributed by atoms with van der Waals surface area (Å²) < 4.78 is 5.63. The van der Waals surface area contributed by atoms with Crippen molar-refractivity contribution in [2.75, 3.05) is 26.7 Å². The molecule has 0 heterocycles. The maximum atomic E-state index is 9.96. The van der Waals surface area contributed by atoms with Gasteiger partial charge in [0.05, 0.1) is 6.10 Å². The standard InChI is InChI=1S/C16H27NO3/c1-12-7-13(2)9-16(8-12)20-11-15(19)10-17(4)6-5-14(3)18/h7-9,14-15,18-19H,5-6,10-11H2,1-4H3. The number of aliphatic hydroxyl groups excluding tert-OH is 2. The van der Waals surface area contributed by atoms with Crippen LogP contribution >= 0.6 is 0 Å². The SMILES string of the molecule is Cc1cc(C)cc(OCC(O)CN(C)CCC(C)O)c1. The van der Waals surface area contributed by atoms with E-state index in [2.05, 4.69) is 6.07 Å². The minimum atomic E-state index is -0.533. The van der Waals surface area contributed by atoms with Crippen molar-refractivity contribution in [1.82, 2.24) is 4.90 Å². The molecular weight excluding hydrogens is 254 g/mol. The number of ether oxygens (including phenoxy) is 1. The molecule has 0 spiro atoms. The molecule has 1 rings (SSSR count). The number of nitrogens with zero attached hydrogens (tertiary/aromatic N) is 1. The summed E-state index contributed by atoms with van der Waals surface area (Å²) in [5.74, 6) is 0.799. The van der Waals surface area contributed by atoms with Crippen LogP contribution in [0.5, 0.6) is 5.75 Å². The van der Waals surface area contributed by atoms with Gasteiger partial charge in [-0.2, -0.15) is 0 Å². The second kappa shape index (κ2) is 8.25. The summed E-state index contributed by atoms with van der Waals surface area (Å²) in [5, 5.41) is 19.2. The minimum absolute atomic E-state index is 0.280. The van der Waals surface area contributed by atoms with Gasteiger partial charge in [-0.15, -0.1) is 0 Å². The molecule has 114 valence electrons. The number of hydrogen-bond acceptors (Lipinski definition) is 4. The largest absolute Gasteiger partial charge is 0.491 e. The van der Waals surface area contributed by atoms with Gasteiger partial charge >= 0.3 is 0 Å². The molecule has 20 heavy (non-hydrogen) atoms. The molecule has 0 bridgehead atoms. The Morgan fingerprint density at radius 3 is 2.30 bits per heavy atom. The predicted molar refractivity (Wildman–Crippen MR) is 81.2 cm³/mol. The molecule has 0 saturated heterocycles. The average Bonchev–Trinajstić information content (AvgIpc) is 2.33. The van der Waals surface area contributed by atoms with E-state index in [-0.39, 0.29) is 12.7 Å². The van der Waals surface area contributed by atoms with E-state index in [0.717, 1.165) is 23.4 Å². The first kappa shape index (κ1) is 17.0. The van der Waals surface area contributed by atoms with Crippen LogP contribution < -0.4 is 4.74 Å². The molecule has 1 aromatic carbocycles. The monoisotopic (exact) mass is 281 g/mol. The smallest absolute Gasteiger partial charge is 0.119 e. The second-order valence-electron chi connectivity index (χ2n) is 5.69. The summed E-state index contributed by atoms with van der Waals surface area (Å²) in [6.07, 6.45) is -0.128. The van der Waals surface area contributed by atoms with Crippen molar-refractivity contribution in [3.8, 4) is 5.75 Å². The highest BCUT2D eigenvalue weighted by Crippen LogP contribution is 2.16.